The van der Waals surface area contributed by atoms with Crippen LogP contribution in [0.2, 0.25) is 0 Å². The van der Waals surface area contributed by atoms with E-state index in [1.165, 1.54) is 17.8 Å². The Morgan fingerprint density at radius 2 is 2.02 bits per heavy atom. The molecule has 2 atom stereocenters. The van der Waals surface area contributed by atoms with Crippen molar-refractivity contribution >= 4 is 50.3 Å². The van der Waals surface area contributed by atoms with Crippen LogP contribution in [0.3, 0.4) is 0 Å². The first-order chi connectivity index (χ1) is 19.6. The second-order valence-electron chi connectivity index (χ2n) is 10.5. The number of benzene rings is 1. The maximum atomic E-state index is 14.0. The smallest absolute Gasteiger partial charge is 0.395 e. The molecule has 0 radical (unpaired) electrons. The molecule has 8 nitrogen and oxygen atoms in total. The number of anilines is 3. The number of sulfone groups is 1. The molecule has 2 saturated heterocycles. The molecule has 6 rings (SSSR count). The third-order valence-corrected chi connectivity index (χ3v) is 12.4. The molecular formula is C27H30F3N5O3S3. The first-order valence-corrected chi connectivity index (χ1v) is 17.1. The maximum absolute atomic E-state index is 14.0. The van der Waals surface area contributed by atoms with E-state index in [4.69, 9.17) is 0 Å². The molecule has 2 bridgehead atoms. The highest BCUT2D eigenvalue weighted by Gasteiger charge is 2.43. The largest absolute Gasteiger partial charge is 0.420 e. The van der Waals surface area contributed by atoms with E-state index >= 15 is 0 Å². The van der Waals surface area contributed by atoms with Crippen molar-refractivity contribution in [3.8, 4) is 10.6 Å². The number of β-amino-alcohol motifs (C(OH)–C–C–N with tert-alkyl or cyclic N) is 1. The van der Waals surface area contributed by atoms with Crippen LogP contribution in [0, 0.1) is 0 Å². The number of hydrogen-bond acceptors (Lipinski definition) is 10. The minimum atomic E-state index is -4.71. The number of nitrogens with one attached hydrogen (secondary N) is 1. The Morgan fingerprint density at radius 3 is 2.73 bits per heavy atom. The average molecular weight is 626 g/mol. The molecule has 2 fully saturated rings. The number of aryl methyl sites for hydroxylation is 1. The molecule has 14 heteroatoms. The number of likely N-dealkylation sites (tertiary alicyclic amines) is 1. The number of nitrogens with zero attached hydrogens (tertiary/aromatic N) is 4. The zero-order valence-electron chi connectivity index (χ0n) is 22.3. The van der Waals surface area contributed by atoms with E-state index in [0.29, 0.717) is 47.1 Å². The summed E-state index contributed by atoms with van der Waals surface area (Å²) in [6, 6.07) is 8.16. The van der Waals surface area contributed by atoms with Crippen LogP contribution < -0.4 is 10.2 Å². The van der Waals surface area contributed by atoms with Gasteiger partial charge in [-0.25, -0.2) is 18.4 Å². The van der Waals surface area contributed by atoms with Crippen molar-refractivity contribution in [1.29, 1.82) is 0 Å². The monoisotopic (exact) mass is 625 g/mol. The number of fused-ring (bicyclic) bond motifs is 3. The lowest BCUT2D eigenvalue weighted by Crippen LogP contribution is -2.47. The summed E-state index contributed by atoms with van der Waals surface area (Å²) in [4.78, 5) is 13.8. The molecule has 2 N–H and O–H groups in total. The average Bonchev–Trinajstić information content (AvgIpc) is 3.64. The van der Waals surface area contributed by atoms with Gasteiger partial charge in [0, 0.05) is 65.7 Å². The summed E-state index contributed by atoms with van der Waals surface area (Å²) in [6.07, 6.45) is -2.19. The fourth-order valence-corrected chi connectivity index (χ4v) is 10.7. The molecule has 0 unspecified atom stereocenters. The molecular weight excluding hydrogens is 596 g/mol. The lowest BCUT2D eigenvalue weighted by molar-refractivity contribution is -0.137. The summed E-state index contributed by atoms with van der Waals surface area (Å²) in [5, 5.41) is 12.4. The topological polar surface area (TPSA) is 98.7 Å². The van der Waals surface area contributed by atoms with Gasteiger partial charge in [0.2, 0.25) is 5.95 Å². The van der Waals surface area contributed by atoms with Gasteiger partial charge < -0.3 is 15.3 Å². The number of hydrogen-bond donors (Lipinski definition) is 2. The molecule has 1 aromatic carbocycles. The van der Waals surface area contributed by atoms with E-state index in [1.807, 2.05) is 19.1 Å². The minimum Gasteiger partial charge on any atom is -0.395 e. The lowest BCUT2D eigenvalue weighted by atomic mass is 10.1. The van der Waals surface area contributed by atoms with Gasteiger partial charge in [0.05, 0.1) is 27.8 Å². The number of aliphatic hydroxyl groups is 1. The van der Waals surface area contributed by atoms with Crippen LogP contribution in [-0.2, 0) is 28.2 Å². The first-order valence-electron chi connectivity index (χ1n) is 13.5. The van der Waals surface area contributed by atoms with Crippen LogP contribution in [0.25, 0.3) is 10.6 Å². The van der Waals surface area contributed by atoms with Crippen LogP contribution in [0.5, 0.6) is 0 Å². The molecule has 2 aromatic heterocycles. The highest BCUT2D eigenvalue weighted by molar-refractivity contribution is 8.00. The number of thioether (sulfide) groups is 1. The van der Waals surface area contributed by atoms with Crippen molar-refractivity contribution in [2.75, 3.05) is 48.0 Å². The highest BCUT2D eigenvalue weighted by atomic mass is 32.2. The van der Waals surface area contributed by atoms with Gasteiger partial charge in [-0.15, -0.1) is 11.3 Å². The normalized spacial score (nSPS) is 22.1. The molecule has 41 heavy (non-hydrogen) atoms. The Balaban J connectivity index is 1.30. The predicted molar refractivity (Wildman–Crippen MR) is 156 cm³/mol. The maximum Gasteiger partial charge on any atom is 0.420 e. The van der Waals surface area contributed by atoms with E-state index in [2.05, 4.69) is 31.2 Å². The summed E-state index contributed by atoms with van der Waals surface area (Å²) >= 11 is 2.49. The molecule has 0 saturated carbocycles. The number of halogens is 3. The Hall–Kier alpha value is -2.39. The van der Waals surface area contributed by atoms with E-state index in [9.17, 15) is 26.7 Å². The van der Waals surface area contributed by atoms with Crippen LogP contribution in [0.15, 0.2) is 35.4 Å². The van der Waals surface area contributed by atoms with Gasteiger partial charge in [0.15, 0.2) is 9.84 Å². The first kappa shape index (κ1) is 28.7. The van der Waals surface area contributed by atoms with Crippen LogP contribution in [0.1, 0.15) is 29.3 Å². The van der Waals surface area contributed by atoms with Crippen molar-refractivity contribution < 1.29 is 26.7 Å². The van der Waals surface area contributed by atoms with E-state index < -0.39 is 21.6 Å². The third-order valence-electron chi connectivity index (χ3n) is 7.95. The van der Waals surface area contributed by atoms with Crippen molar-refractivity contribution in [3.63, 3.8) is 0 Å². The third kappa shape index (κ3) is 5.56. The fourth-order valence-electron chi connectivity index (χ4n) is 5.93. The Labute approximate surface area is 244 Å². The summed E-state index contributed by atoms with van der Waals surface area (Å²) in [5.74, 6) is 0.852. The standard InChI is InChI=1S/C27H30F3N5O3S3/c1-2-16-9-17(35-14-18-10-19(35)13-34(18)5-6-36)3-4-21(16)32-26-31-12-20(27(28,29)30)25(33-26)22-11-24-23(40-22)15-39-7-8-41(24,37)38/h3-4,9,11-12,18-19,36H,2,5-8,10,13-15H2,1H3,(H,31,32,33)/t18-,19-/m1/s1. The van der Waals surface area contributed by atoms with Gasteiger partial charge in [-0.1, -0.05) is 6.92 Å². The molecule has 5 heterocycles. The Kier molecular flexibility index (Phi) is 7.72. The van der Waals surface area contributed by atoms with Gasteiger partial charge in [-0.2, -0.15) is 24.9 Å². The molecule has 0 aliphatic carbocycles. The zero-order chi connectivity index (χ0) is 28.9. The molecule has 3 aliphatic rings. The van der Waals surface area contributed by atoms with Crippen LogP contribution in [0.4, 0.5) is 30.5 Å². The number of thiophene rings is 1. The summed E-state index contributed by atoms with van der Waals surface area (Å²) < 4.78 is 67.4. The van der Waals surface area contributed by atoms with Gasteiger partial charge in [-0.3, -0.25) is 4.90 Å². The second-order valence-corrected chi connectivity index (χ2v) is 14.8. The number of aliphatic hydroxyl groups excluding tert-OH is 1. The second kappa shape index (κ2) is 11.0. The minimum absolute atomic E-state index is 0.0103. The van der Waals surface area contributed by atoms with Crippen molar-refractivity contribution in [2.45, 2.75) is 48.7 Å². The Morgan fingerprint density at radius 1 is 1.20 bits per heavy atom. The van der Waals surface area contributed by atoms with Crippen molar-refractivity contribution in [2.24, 2.45) is 0 Å². The number of piperazine rings is 1. The number of aromatic nitrogens is 2. The number of alkyl halides is 3. The van der Waals surface area contributed by atoms with Crippen molar-refractivity contribution in [3.05, 3.63) is 46.5 Å². The predicted octanol–water partition coefficient (Wildman–Crippen LogP) is 4.81. The quantitative estimate of drug-likeness (QED) is 0.384. The Bertz CT molecular complexity index is 1560. The molecule has 0 amide bonds. The highest BCUT2D eigenvalue weighted by Crippen LogP contribution is 2.43. The van der Waals surface area contributed by atoms with E-state index in [-0.39, 0.29) is 33.8 Å². The van der Waals surface area contributed by atoms with Gasteiger partial charge >= 0.3 is 6.18 Å². The van der Waals surface area contributed by atoms with E-state index in [1.54, 1.807) is 0 Å². The SMILES string of the molecule is CCc1cc(N2C[C@H]3C[C@@H]2CN3CCO)ccc1Nc1ncc(C(F)(F)F)c(-c2cc3c(s2)CSCCS3(=O)=O)n1. The van der Waals surface area contributed by atoms with Gasteiger partial charge in [0.1, 0.15) is 5.56 Å². The fraction of sp³-hybridized carbons (Fsp3) is 0.481. The van der Waals surface area contributed by atoms with Crippen LogP contribution in [-0.4, -0.2) is 78.2 Å². The summed E-state index contributed by atoms with van der Waals surface area (Å²) in [7, 11) is -3.57. The van der Waals surface area contributed by atoms with Gasteiger partial charge in [0.25, 0.3) is 0 Å². The summed E-state index contributed by atoms with van der Waals surface area (Å²) in [6.45, 7) is 4.67. The molecule has 3 aromatic rings. The number of rotatable bonds is 7. The molecule has 220 valence electrons. The lowest BCUT2D eigenvalue weighted by Gasteiger charge is -2.35. The van der Waals surface area contributed by atoms with E-state index in [0.717, 1.165) is 48.3 Å². The molecule has 3 aliphatic heterocycles. The zero-order valence-corrected chi connectivity index (χ0v) is 24.8. The van der Waals surface area contributed by atoms with Crippen LogP contribution >= 0.6 is 23.1 Å². The van der Waals surface area contributed by atoms with Crippen molar-refractivity contribution in [1.82, 2.24) is 14.9 Å². The summed E-state index contributed by atoms with van der Waals surface area (Å²) in [5.41, 5.74) is 1.44. The molecule has 0 spiro atoms. The van der Waals surface area contributed by atoms with Gasteiger partial charge in [-0.05, 0) is 42.7 Å².